The van der Waals surface area contributed by atoms with Crippen molar-refractivity contribution in [2.24, 2.45) is 5.92 Å². The van der Waals surface area contributed by atoms with Gasteiger partial charge in [0, 0.05) is 35.7 Å². The van der Waals surface area contributed by atoms with E-state index in [0.29, 0.717) is 38.5 Å². The Balaban J connectivity index is 1.70. The predicted octanol–water partition coefficient (Wildman–Crippen LogP) is 2.24. The molecule has 0 unspecified atom stereocenters. The second kappa shape index (κ2) is 8.71. The van der Waals surface area contributed by atoms with Crippen molar-refractivity contribution in [3.63, 3.8) is 0 Å². The lowest BCUT2D eigenvalue weighted by Crippen LogP contribution is -2.41. The number of aryl methyl sites for hydroxylation is 3. The number of carbonyl (C=O) groups excluding carboxylic acids is 2. The predicted molar refractivity (Wildman–Crippen MR) is 108 cm³/mol. The Morgan fingerprint density at radius 3 is 2.31 bits per heavy atom. The summed E-state index contributed by atoms with van der Waals surface area (Å²) in [6, 6.07) is 1.92. The number of piperidine rings is 1. The minimum absolute atomic E-state index is 0.0550. The fraction of sp³-hybridized carbons (Fsp3) is 0.571. The van der Waals surface area contributed by atoms with Crippen LogP contribution in [0.3, 0.4) is 0 Å². The zero-order chi connectivity index (χ0) is 21.1. The first-order chi connectivity index (χ1) is 13.8. The van der Waals surface area contributed by atoms with Crippen LogP contribution in [0.4, 0.5) is 0 Å². The average molecular weight is 399 g/mol. The van der Waals surface area contributed by atoms with E-state index in [1.807, 2.05) is 45.6 Å². The largest absolute Gasteiger partial charge is 0.466 e. The van der Waals surface area contributed by atoms with E-state index in [0.717, 1.165) is 28.3 Å². The zero-order valence-corrected chi connectivity index (χ0v) is 17.9. The highest BCUT2D eigenvalue weighted by atomic mass is 16.5. The third-order valence-corrected chi connectivity index (χ3v) is 5.40. The number of amides is 1. The summed E-state index contributed by atoms with van der Waals surface area (Å²) in [7, 11) is 0. The number of aromatic nitrogens is 4. The molecule has 0 radical (unpaired) electrons. The summed E-state index contributed by atoms with van der Waals surface area (Å²) in [6.45, 7) is 11.1. The van der Waals surface area contributed by atoms with E-state index in [9.17, 15) is 9.59 Å². The summed E-state index contributed by atoms with van der Waals surface area (Å²) in [6.07, 6.45) is 1.59. The molecule has 3 rings (SSSR count). The quantitative estimate of drug-likeness (QED) is 0.716. The lowest BCUT2D eigenvalue weighted by atomic mass is 9.96. The fourth-order valence-corrected chi connectivity index (χ4v) is 3.82. The summed E-state index contributed by atoms with van der Waals surface area (Å²) in [4.78, 5) is 35.6. The van der Waals surface area contributed by atoms with Gasteiger partial charge in [-0.3, -0.25) is 9.59 Å². The summed E-state index contributed by atoms with van der Waals surface area (Å²) < 4.78 is 6.81. The van der Waals surface area contributed by atoms with Gasteiger partial charge in [0.05, 0.1) is 24.6 Å². The highest BCUT2D eigenvalue weighted by Gasteiger charge is 2.29. The molecule has 3 heterocycles. The van der Waals surface area contributed by atoms with Crippen molar-refractivity contribution in [2.45, 2.75) is 53.9 Å². The van der Waals surface area contributed by atoms with Crippen LogP contribution in [0.5, 0.6) is 0 Å². The molecule has 8 nitrogen and oxygen atoms in total. The zero-order valence-electron chi connectivity index (χ0n) is 17.9. The Bertz CT molecular complexity index is 893. The van der Waals surface area contributed by atoms with Gasteiger partial charge < -0.3 is 9.64 Å². The fourth-order valence-electron chi connectivity index (χ4n) is 3.82. The molecule has 29 heavy (non-hydrogen) atoms. The maximum atomic E-state index is 12.9. The van der Waals surface area contributed by atoms with E-state index in [1.54, 1.807) is 4.68 Å². The molecule has 0 spiro atoms. The molecule has 0 aromatic carbocycles. The van der Waals surface area contributed by atoms with Crippen molar-refractivity contribution in [3.8, 4) is 5.95 Å². The molecule has 156 valence electrons. The SMILES string of the molecule is CCOC(=O)C1CCN(C(=O)Cc2c(C)nn(-c3nc(C)cc(C)n3)c2C)CC1. The number of hydrogen-bond donors (Lipinski definition) is 0. The third-order valence-electron chi connectivity index (χ3n) is 5.40. The summed E-state index contributed by atoms with van der Waals surface area (Å²) in [5.74, 6) is 0.324. The number of rotatable bonds is 5. The van der Waals surface area contributed by atoms with E-state index < -0.39 is 0 Å². The van der Waals surface area contributed by atoms with Gasteiger partial charge >= 0.3 is 5.97 Å². The van der Waals surface area contributed by atoms with Crippen molar-refractivity contribution in [2.75, 3.05) is 19.7 Å². The Hall–Kier alpha value is -2.77. The number of carbonyl (C=O) groups is 2. The standard InChI is InChI=1S/C21H29N5O3/c1-6-29-20(28)17-7-9-25(10-8-17)19(27)12-18-15(4)24-26(16(18)5)21-22-13(2)11-14(3)23-21/h11,17H,6-10,12H2,1-5H3. The van der Waals surface area contributed by atoms with Crippen LogP contribution in [0.25, 0.3) is 5.95 Å². The first-order valence-corrected chi connectivity index (χ1v) is 10.1. The molecule has 0 bridgehead atoms. The molecule has 1 fully saturated rings. The minimum Gasteiger partial charge on any atom is -0.466 e. The van der Waals surface area contributed by atoms with Gasteiger partial charge in [-0.25, -0.2) is 14.6 Å². The van der Waals surface area contributed by atoms with E-state index in [1.165, 1.54) is 0 Å². The molecule has 1 aliphatic rings. The van der Waals surface area contributed by atoms with E-state index in [4.69, 9.17) is 4.74 Å². The number of hydrogen-bond acceptors (Lipinski definition) is 6. The highest BCUT2D eigenvalue weighted by molar-refractivity contribution is 5.80. The maximum absolute atomic E-state index is 12.9. The number of likely N-dealkylation sites (tertiary alicyclic amines) is 1. The van der Waals surface area contributed by atoms with E-state index in [-0.39, 0.29) is 24.2 Å². The van der Waals surface area contributed by atoms with Crippen LogP contribution in [0.2, 0.25) is 0 Å². The highest BCUT2D eigenvalue weighted by Crippen LogP contribution is 2.22. The van der Waals surface area contributed by atoms with Gasteiger partial charge in [0.25, 0.3) is 5.95 Å². The molecule has 0 atom stereocenters. The molecule has 0 N–H and O–H groups in total. The number of esters is 1. The molecule has 0 saturated carbocycles. The normalized spacial score (nSPS) is 14.9. The van der Waals surface area contributed by atoms with Gasteiger partial charge in [0.2, 0.25) is 5.91 Å². The Morgan fingerprint density at radius 1 is 1.10 bits per heavy atom. The van der Waals surface area contributed by atoms with Crippen molar-refractivity contribution in [1.29, 1.82) is 0 Å². The van der Waals surface area contributed by atoms with E-state index >= 15 is 0 Å². The second-order valence-electron chi connectivity index (χ2n) is 7.60. The van der Waals surface area contributed by atoms with E-state index in [2.05, 4.69) is 15.1 Å². The third kappa shape index (κ3) is 4.63. The molecule has 2 aromatic heterocycles. The van der Waals surface area contributed by atoms with Crippen molar-refractivity contribution in [3.05, 3.63) is 34.4 Å². The van der Waals surface area contributed by atoms with Crippen LogP contribution >= 0.6 is 0 Å². The summed E-state index contributed by atoms with van der Waals surface area (Å²) >= 11 is 0. The van der Waals surface area contributed by atoms with Gasteiger partial charge in [-0.2, -0.15) is 5.10 Å². The van der Waals surface area contributed by atoms with Crippen LogP contribution in [0.15, 0.2) is 6.07 Å². The maximum Gasteiger partial charge on any atom is 0.309 e. The number of ether oxygens (including phenoxy) is 1. The molecule has 0 aliphatic carbocycles. The Morgan fingerprint density at radius 2 is 1.72 bits per heavy atom. The van der Waals surface area contributed by atoms with Gasteiger partial charge in [-0.15, -0.1) is 0 Å². The summed E-state index contributed by atoms with van der Waals surface area (Å²) in [5.41, 5.74) is 4.34. The molecule has 1 saturated heterocycles. The van der Waals surface area contributed by atoms with Gasteiger partial charge in [-0.05, 0) is 53.5 Å². The van der Waals surface area contributed by atoms with Crippen molar-refractivity contribution >= 4 is 11.9 Å². The number of nitrogens with zero attached hydrogens (tertiary/aromatic N) is 5. The molecule has 2 aromatic rings. The van der Waals surface area contributed by atoms with Crippen molar-refractivity contribution < 1.29 is 14.3 Å². The topological polar surface area (TPSA) is 90.2 Å². The van der Waals surface area contributed by atoms with Crippen LogP contribution in [-0.2, 0) is 20.7 Å². The van der Waals surface area contributed by atoms with Crippen LogP contribution in [0, 0.1) is 33.6 Å². The molecule has 1 amide bonds. The van der Waals surface area contributed by atoms with Crippen LogP contribution in [-0.4, -0.2) is 56.2 Å². The lowest BCUT2D eigenvalue weighted by molar-refractivity contribution is -0.151. The molecule has 1 aliphatic heterocycles. The average Bonchev–Trinajstić information content (AvgIpc) is 2.96. The smallest absolute Gasteiger partial charge is 0.309 e. The Labute approximate surface area is 171 Å². The van der Waals surface area contributed by atoms with Crippen LogP contribution in [0.1, 0.15) is 48.1 Å². The molecule has 8 heteroatoms. The molecular formula is C21H29N5O3. The second-order valence-corrected chi connectivity index (χ2v) is 7.60. The van der Waals surface area contributed by atoms with Gasteiger partial charge in [-0.1, -0.05) is 0 Å². The summed E-state index contributed by atoms with van der Waals surface area (Å²) in [5, 5.41) is 4.58. The van der Waals surface area contributed by atoms with Gasteiger partial charge in [0.15, 0.2) is 0 Å². The van der Waals surface area contributed by atoms with Gasteiger partial charge in [0.1, 0.15) is 0 Å². The van der Waals surface area contributed by atoms with Crippen molar-refractivity contribution in [1.82, 2.24) is 24.6 Å². The first kappa shape index (κ1) is 21.0. The monoisotopic (exact) mass is 399 g/mol. The Kier molecular flexibility index (Phi) is 6.30. The molecular weight excluding hydrogens is 370 g/mol. The first-order valence-electron chi connectivity index (χ1n) is 10.1. The lowest BCUT2D eigenvalue weighted by Gasteiger charge is -2.31. The van der Waals surface area contributed by atoms with Crippen LogP contribution < -0.4 is 0 Å². The minimum atomic E-state index is -0.152.